The summed E-state index contributed by atoms with van der Waals surface area (Å²) in [7, 11) is -3.73. The maximum Gasteiger partial charge on any atom is 0.279 e. The van der Waals surface area contributed by atoms with Crippen LogP contribution in [0.15, 0.2) is 64.6 Å². The van der Waals surface area contributed by atoms with Crippen LogP contribution in [0.2, 0.25) is 0 Å². The Kier molecular flexibility index (Phi) is 4.03. The lowest BCUT2D eigenvalue weighted by Crippen LogP contribution is -2.51. The minimum atomic E-state index is -3.73. The highest BCUT2D eigenvalue weighted by molar-refractivity contribution is 7.89. The van der Waals surface area contributed by atoms with Crippen LogP contribution in [0.4, 0.5) is 0 Å². The number of aryl methyl sites for hydroxylation is 1. The third kappa shape index (κ3) is 2.67. The molecule has 0 bridgehead atoms. The zero-order valence-electron chi connectivity index (χ0n) is 15.3. The maximum atomic E-state index is 13.2. The Balaban J connectivity index is 2.15. The Morgan fingerprint density at radius 3 is 2.00 bits per heavy atom. The van der Waals surface area contributed by atoms with Gasteiger partial charge in [0.25, 0.3) is 10.0 Å². The monoisotopic (exact) mass is 356 g/mol. The molecular formula is C20H24N2O2S. The summed E-state index contributed by atoms with van der Waals surface area (Å²) in [6, 6.07) is 16.7. The van der Waals surface area contributed by atoms with Gasteiger partial charge >= 0.3 is 0 Å². The van der Waals surface area contributed by atoms with Gasteiger partial charge in [0.1, 0.15) is 0 Å². The highest BCUT2D eigenvalue weighted by Crippen LogP contribution is 2.47. The number of benzene rings is 2. The first-order chi connectivity index (χ1) is 11.6. The summed E-state index contributed by atoms with van der Waals surface area (Å²) in [6.07, 6.45) is 0. The van der Waals surface area contributed by atoms with E-state index in [0.717, 1.165) is 16.8 Å². The first-order valence-corrected chi connectivity index (χ1v) is 9.79. The molecule has 0 radical (unpaired) electrons. The van der Waals surface area contributed by atoms with Crippen LogP contribution in [0, 0.1) is 12.3 Å². The lowest BCUT2D eigenvalue weighted by Gasteiger charge is -2.39. The van der Waals surface area contributed by atoms with Gasteiger partial charge in [-0.15, -0.1) is 0 Å². The number of nitrogens with zero attached hydrogens (tertiary/aromatic N) is 2. The van der Waals surface area contributed by atoms with Gasteiger partial charge < -0.3 is 0 Å². The van der Waals surface area contributed by atoms with E-state index in [-0.39, 0.29) is 4.90 Å². The molecule has 0 saturated heterocycles. The maximum absolute atomic E-state index is 13.2. The van der Waals surface area contributed by atoms with E-state index in [1.54, 1.807) is 12.1 Å². The van der Waals surface area contributed by atoms with Crippen LogP contribution in [0.25, 0.3) is 0 Å². The van der Waals surface area contributed by atoms with E-state index in [0.29, 0.717) is 0 Å². The van der Waals surface area contributed by atoms with E-state index in [1.165, 1.54) is 4.41 Å². The zero-order chi connectivity index (χ0) is 18.5. The van der Waals surface area contributed by atoms with Crippen LogP contribution < -0.4 is 0 Å². The zero-order valence-corrected chi connectivity index (χ0v) is 16.1. The lowest BCUT2D eigenvalue weighted by molar-refractivity contribution is 0.163. The van der Waals surface area contributed by atoms with Crippen LogP contribution in [0.5, 0.6) is 0 Å². The largest absolute Gasteiger partial charge is 0.279 e. The molecule has 132 valence electrons. The second kappa shape index (κ2) is 5.70. The Bertz CT molecular complexity index is 912. The average molecular weight is 356 g/mol. The topological polar surface area (TPSA) is 49.7 Å². The fourth-order valence-corrected chi connectivity index (χ4v) is 4.75. The number of rotatable bonds is 3. The standard InChI is InChI=1S/C20H24N2O2S/c1-15-11-13-17(14-12-15)25(23,24)22-20(4,5)19(2,3)18(21-22)16-9-7-6-8-10-16/h6-14H,1-5H3. The summed E-state index contributed by atoms with van der Waals surface area (Å²) >= 11 is 0. The molecule has 0 saturated carbocycles. The van der Waals surface area contributed by atoms with Gasteiger partial charge in [0, 0.05) is 5.41 Å². The lowest BCUT2D eigenvalue weighted by atomic mass is 9.71. The van der Waals surface area contributed by atoms with Crippen molar-refractivity contribution in [1.29, 1.82) is 0 Å². The van der Waals surface area contributed by atoms with Crippen molar-refractivity contribution in [3.05, 3.63) is 65.7 Å². The molecule has 0 fully saturated rings. The third-order valence-corrected chi connectivity index (χ3v) is 7.25. The van der Waals surface area contributed by atoms with Crippen molar-refractivity contribution in [3.63, 3.8) is 0 Å². The molecule has 3 rings (SSSR count). The third-order valence-electron chi connectivity index (χ3n) is 5.38. The molecule has 1 aliphatic rings. The number of hydrogen-bond acceptors (Lipinski definition) is 3. The second-order valence-corrected chi connectivity index (χ2v) is 9.33. The van der Waals surface area contributed by atoms with Gasteiger partial charge in [-0.1, -0.05) is 61.9 Å². The minimum Gasteiger partial charge on any atom is -0.200 e. The Morgan fingerprint density at radius 1 is 0.880 bits per heavy atom. The molecule has 1 aliphatic heterocycles. The Morgan fingerprint density at radius 2 is 1.44 bits per heavy atom. The fourth-order valence-electron chi connectivity index (χ4n) is 3.05. The van der Waals surface area contributed by atoms with Crippen molar-refractivity contribution in [2.24, 2.45) is 10.5 Å². The molecule has 0 N–H and O–H groups in total. The normalized spacial score (nSPS) is 18.9. The van der Waals surface area contributed by atoms with Crippen LogP contribution >= 0.6 is 0 Å². The van der Waals surface area contributed by atoms with Gasteiger partial charge in [-0.25, -0.2) is 0 Å². The molecule has 0 unspecified atom stereocenters. The van der Waals surface area contributed by atoms with E-state index in [2.05, 4.69) is 5.10 Å². The Hall–Kier alpha value is -2.14. The first-order valence-electron chi connectivity index (χ1n) is 8.35. The molecule has 0 amide bonds. The van der Waals surface area contributed by atoms with Gasteiger partial charge in [0.2, 0.25) is 0 Å². The summed E-state index contributed by atoms with van der Waals surface area (Å²) in [6.45, 7) is 9.88. The average Bonchev–Trinajstić information content (AvgIpc) is 2.75. The molecule has 0 spiro atoms. The van der Waals surface area contributed by atoms with E-state index >= 15 is 0 Å². The molecule has 0 atom stereocenters. The quantitative estimate of drug-likeness (QED) is 0.827. The summed E-state index contributed by atoms with van der Waals surface area (Å²) in [5.41, 5.74) is 1.62. The predicted molar refractivity (Wildman–Crippen MR) is 101 cm³/mol. The van der Waals surface area contributed by atoms with Crippen LogP contribution in [0.1, 0.15) is 38.8 Å². The summed E-state index contributed by atoms with van der Waals surface area (Å²) in [5.74, 6) is 0. The van der Waals surface area contributed by atoms with Crippen molar-refractivity contribution in [1.82, 2.24) is 4.41 Å². The second-order valence-electron chi connectivity index (χ2n) is 7.56. The van der Waals surface area contributed by atoms with E-state index in [9.17, 15) is 8.42 Å². The molecule has 2 aromatic rings. The van der Waals surface area contributed by atoms with Gasteiger partial charge in [-0.3, -0.25) is 0 Å². The van der Waals surface area contributed by atoms with Crippen molar-refractivity contribution in [3.8, 4) is 0 Å². The SMILES string of the molecule is Cc1ccc(S(=O)(=O)N2N=C(c3ccccc3)C(C)(C)C2(C)C)cc1. The van der Waals surface area contributed by atoms with E-state index < -0.39 is 21.0 Å². The van der Waals surface area contributed by atoms with Gasteiger partial charge in [0.15, 0.2) is 0 Å². The summed E-state index contributed by atoms with van der Waals surface area (Å²) in [4.78, 5) is 0.264. The molecule has 2 aromatic carbocycles. The summed E-state index contributed by atoms with van der Waals surface area (Å²) in [5, 5.41) is 4.60. The number of hydrogen-bond donors (Lipinski definition) is 0. The predicted octanol–water partition coefficient (Wildman–Crippen LogP) is 4.21. The molecule has 0 aromatic heterocycles. The molecule has 1 heterocycles. The first kappa shape index (κ1) is 17.7. The minimum absolute atomic E-state index is 0.264. The molecule has 0 aliphatic carbocycles. The Labute approximate surface area is 150 Å². The van der Waals surface area contributed by atoms with Crippen molar-refractivity contribution >= 4 is 15.7 Å². The van der Waals surface area contributed by atoms with Crippen molar-refractivity contribution < 1.29 is 8.42 Å². The number of hydrazone groups is 1. The smallest absolute Gasteiger partial charge is 0.200 e. The van der Waals surface area contributed by atoms with Crippen LogP contribution in [-0.4, -0.2) is 24.1 Å². The molecule has 4 nitrogen and oxygen atoms in total. The van der Waals surface area contributed by atoms with Gasteiger partial charge in [-0.2, -0.15) is 17.9 Å². The van der Waals surface area contributed by atoms with Gasteiger partial charge in [-0.05, 0) is 38.5 Å². The molecule has 25 heavy (non-hydrogen) atoms. The van der Waals surface area contributed by atoms with E-state index in [4.69, 9.17) is 0 Å². The highest BCUT2D eigenvalue weighted by atomic mass is 32.2. The molecule has 5 heteroatoms. The molecular weight excluding hydrogens is 332 g/mol. The van der Waals surface area contributed by atoms with Crippen molar-refractivity contribution in [2.75, 3.05) is 0 Å². The van der Waals surface area contributed by atoms with Crippen molar-refractivity contribution in [2.45, 2.75) is 45.1 Å². The van der Waals surface area contributed by atoms with Gasteiger partial charge in [0.05, 0.1) is 16.1 Å². The van der Waals surface area contributed by atoms with E-state index in [1.807, 2.05) is 77.1 Å². The number of sulfonamides is 1. The summed E-state index contributed by atoms with van der Waals surface area (Å²) < 4.78 is 27.8. The van der Waals surface area contributed by atoms with Crippen LogP contribution in [-0.2, 0) is 10.0 Å². The highest BCUT2D eigenvalue weighted by Gasteiger charge is 2.55. The fraction of sp³-hybridized carbons (Fsp3) is 0.350. The van der Waals surface area contributed by atoms with Crippen LogP contribution in [0.3, 0.4) is 0 Å².